The van der Waals surface area contributed by atoms with Crippen LogP contribution in [0.4, 0.5) is 0 Å². The maximum atomic E-state index is 11.1. The van der Waals surface area contributed by atoms with Gasteiger partial charge in [0.15, 0.2) is 0 Å². The average molecular weight is 422 g/mol. The second-order valence-electron chi connectivity index (χ2n) is 9.87. The molecule has 2 atom stereocenters. The van der Waals surface area contributed by atoms with Gasteiger partial charge in [0.1, 0.15) is 11.5 Å². The van der Waals surface area contributed by atoms with Crippen LogP contribution in [0, 0.1) is 17.2 Å². The molecule has 0 spiro atoms. The van der Waals surface area contributed by atoms with Crippen molar-refractivity contribution in [3.8, 4) is 17.6 Å². The molecule has 1 saturated carbocycles. The van der Waals surface area contributed by atoms with Crippen molar-refractivity contribution in [1.29, 1.82) is 5.26 Å². The molecule has 0 saturated heterocycles. The van der Waals surface area contributed by atoms with E-state index in [1.807, 2.05) is 12.1 Å². The molecule has 2 aliphatic carbocycles. The number of allylic oxidation sites excluding steroid dienone is 3. The van der Waals surface area contributed by atoms with Gasteiger partial charge in [-0.2, -0.15) is 5.26 Å². The molecule has 3 nitrogen and oxygen atoms in total. The third kappa shape index (κ3) is 5.17. The highest BCUT2D eigenvalue weighted by Gasteiger charge is 2.39. The van der Waals surface area contributed by atoms with E-state index in [2.05, 4.69) is 32.6 Å². The summed E-state index contributed by atoms with van der Waals surface area (Å²) < 4.78 is 0. The molecule has 3 rings (SSSR count). The highest BCUT2D eigenvalue weighted by atomic mass is 16.3. The molecule has 3 heteroatoms. The van der Waals surface area contributed by atoms with Gasteiger partial charge in [-0.3, -0.25) is 0 Å². The number of benzene rings is 1. The summed E-state index contributed by atoms with van der Waals surface area (Å²) in [6.45, 7) is 8.47. The number of unbranched alkanes of at least 4 members (excludes halogenated alkanes) is 3. The first-order chi connectivity index (χ1) is 14.9. The fourth-order valence-electron chi connectivity index (χ4n) is 5.74. The topological polar surface area (TPSA) is 64.2 Å². The van der Waals surface area contributed by atoms with Crippen molar-refractivity contribution in [2.45, 2.75) is 102 Å². The maximum absolute atomic E-state index is 11.1. The lowest BCUT2D eigenvalue weighted by Gasteiger charge is -2.43. The van der Waals surface area contributed by atoms with Crippen LogP contribution in [0.15, 0.2) is 35.9 Å². The number of phenolic OH excluding ortho intramolecular Hbond substituents is 2. The number of nitrogens with zero attached hydrogens (tertiary/aromatic N) is 1. The van der Waals surface area contributed by atoms with Crippen LogP contribution >= 0.6 is 0 Å². The first-order valence-corrected chi connectivity index (χ1v) is 12.2. The number of rotatable bonds is 10. The summed E-state index contributed by atoms with van der Waals surface area (Å²) in [5.74, 6) is 0.707. The van der Waals surface area contributed by atoms with Crippen molar-refractivity contribution in [2.24, 2.45) is 5.92 Å². The van der Waals surface area contributed by atoms with Crippen molar-refractivity contribution in [3.63, 3.8) is 0 Å². The van der Waals surface area contributed by atoms with E-state index in [-0.39, 0.29) is 28.7 Å². The Kier molecular flexibility index (Phi) is 7.87. The molecule has 1 aromatic carbocycles. The van der Waals surface area contributed by atoms with Gasteiger partial charge >= 0.3 is 0 Å². The minimum absolute atomic E-state index is 0.00910. The highest BCUT2D eigenvalue weighted by Crippen LogP contribution is 2.52. The van der Waals surface area contributed by atoms with Crippen LogP contribution in [0.25, 0.3) is 0 Å². The van der Waals surface area contributed by atoms with Crippen LogP contribution in [0.2, 0.25) is 0 Å². The van der Waals surface area contributed by atoms with Gasteiger partial charge in [0.05, 0.1) is 6.07 Å². The smallest absolute Gasteiger partial charge is 0.123 e. The van der Waals surface area contributed by atoms with Gasteiger partial charge < -0.3 is 10.2 Å². The van der Waals surface area contributed by atoms with Crippen LogP contribution in [0.1, 0.15) is 108 Å². The molecule has 0 aromatic heterocycles. The summed E-state index contributed by atoms with van der Waals surface area (Å²) in [6.07, 6.45) is 14.8. The molecule has 0 radical (unpaired) electrons. The zero-order valence-corrected chi connectivity index (χ0v) is 19.4. The van der Waals surface area contributed by atoms with Gasteiger partial charge in [-0.05, 0) is 80.9 Å². The molecule has 0 heterocycles. The molecule has 0 bridgehead atoms. The van der Waals surface area contributed by atoms with E-state index in [9.17, 15) is 10.2 Å². The van der Waals surface area contributed by atoms with Crippen LogP contribution in [0.3, 0.4) is 0 Å². The summed E-state index contributed by atoms with van der Waals surface area (Å²) >= 11 is 0. The predicted molar refractivity (Wildman–Crippen MR) is 127 cm³/mol. The summed E-state index contributed by atoms with van der Waals surface area (Å²) in [4.78, 5) is 0. The van der Waals surface area contributed by atoms with Gasteiger partial charge in [0.2, 0.25) is 0 Å². The summed E-state index contributed by atoms with van der Waals surface area (Å²) in [6, 6.07) is 6.09. The fourth-order valence-corrected chi connectivity index (χ4v) is 5.74. The molecule has 1 aromatic rings. The molecule has 1 fully saturated rings. The van der Waals surface area contributed by atoms with Crippen LogP contribution in [0.5, 0.6) is 11.5 Å². The molecule has 2 unspecified atom stereocenters. The number of aromatic hydroxyl groups is 2. The van der Waals surface area contributed by atoms with Gasteiger partial charge in [0.25, 0.3) is 0 Å². The quantitative estimate of drug-likeness (QED) is 0.299. The highest BCUT2D eigenvalue weighted by molar-refractivity contribution is 5.53. The number of hydrogen-bond acceptors (Lipinski definition) is 3. The largest absolute Gasteiger partial charge is 0.507 e. The van der Waals surface area contributed by atoms with Gasteiger partial charge in [-0.1, -0.05) is 56.4 Å². The second kappa shape index (κ2) is 10.4. The number of phenols is 2. The van der Waals surface area contributed by atoms with E-state index in [4.69, 9.17) is 5.26 Å². The first-order valence-electron chi connectivity index (χ1n) is 12.2. The number of nitriles is 1. The van der Waals surface area contributed by atoms with Crippen LogP contribution in [-0.4, -0.2) is 10.2 Å². The monoisotopic (exact) mass is 421 g/mol. The van der Waals surface area contributed by atoms with Gasteiger partial charge in [-0.25, -0.2) is 0 Å². The molecule has 2 aliphatic rings. The average Bonchev–Trinajstić information content (AvgIpc) is 2.69. The van der Waals surface area contributed by atoms with Crippen LogP contribution in [-0.2, 0) is 5.41 Å². The molecule has 0 amide bonds. The van der Waals surface area contributed by atoms with Crippen molar-refractivity contribution in [3.05, 3.63) is 47.1 Å². The van der Waals surface area contributed by atoms with E-state index >= 15 is 0 Å². The van der Waals surface area contributed by atoms with Gasteiger partial charge in [-0.15, -0.1) is 0 Å². The zero-order valence-electron chi connectivity index (χ0n) is 19.4. The van der Waals surface area contributed by atoms with Crippen molar-refractivity contribution < 1.29 is 10.2 Å². The van der Waals surface area contributed by atoms with E-state index in [0.717, 1.165) is 75.3 Å². The lowest BCUT2D eigenvalue weighted by molar-refractivity contribution is 0.217. The lowest BCUT2D eigenvalue weighted by Crippen LogP contribution is -2.34. The Hall–Kier alpha value is -2.21. The Labute approximate surface area is 188 Å². The minimum Gasteiger partial charge on any atom is -0.507 e. The molecule has 0 aliphatic heterocycles. The maximum Gasteiger partial charge on any atom is 0.123 e. The molecule has 31 heavy (non-hydrogen) atoms. The molecule has 2 N–H and O–H groups in total. The lowest BCUT2D eigenvalue weighted by atomic mass is 9.61. The fraction of sp³-hybridized carbons (Fsp3) is 0.607. The Morgan fingerprint density at radius 1 is 1.19 bits per heavy atom. The Morgan fingerprint density at radius 2 is 1.90 bits per heavy atom. The van der Waals surface area contributed by atoms with E-state index in [0.29, 0.717) is 12.0 Å². The Bertz CT molecular complexity index is 833. The SMILES string of the molecule is C=C(C)C1CCC(CCC)=CC1c1c(O)cc(C2(CCCCCC#N)CCC2)cc1O. The third-order valence-electron chi connectivity index (χ3n) is 7.67. The van der Waals surface area contributed by atoms with Crippen molar-refractivity contribution >= 4 is 0 Å². The summed E-state index contributed by atoms with van der Waals surface area (Å²) in [5, 5.41) is 31.0. The van der Waals surface area contributed by atoms with Crippen LogP contribution < -0.4 is 0 Å². The normalized spacial score (nSPS) is 22.3. The van der Waals surface area contributed by atoms with E-state index in [1.54, 1.807) is 0 Å². The van der Waals surface area contributed by atoms with E-state index < -0.39 is 0 Å². The Balaban J connectivity index is 1.87. The Morgan fingerprint density at radius 3 is 2.45 bits per heavy atom. The van der Waals surface area contributed by atoms with E-state index in [1.165, 1.54) is 12.0 Å². The predicted octanol–water partition coefficient (Wildman–Crippen LogP) is 7.79. The summed E-state index contributed by atoms with van der Waals surface area (Å²) in [7, 11) is 0. The van der Waals surface area contributed by atoms with Crippen molar-refractivity contribution in [1.82, 2.24) is 0 Å². The first kappa shape index (κ1) is 23.5. The molecular weight excluding hydrogens is 382 g/mol. The second-order valence-corrected chi connectivity index (χ2v) is 9.87. The minimum atomic E-state index is -0.00910. The van der Waals surface area contributed by atoms with Gasteiger partial charge in [0, 0.05) is 17.9 Å². The number of hydrogen-bond donors (Lipinski definition) is 2. The molecular formula is C28H39NO2. The third-order valence-corrected chi connectivity index (χ3v) is 7.67. The summed E-state index contributed by atoms with van der Waals surface area (Å²) in [5.41, 5.74) is 4.38. The standard InChI is InChI=1S/C28H39NO2/c1-4-10-21-11-12-23(20(2)3)24(17-21)27-25(30)18-22(19-26(27)31)28(14-9-15-28)13-7-5-6-8-16-29/h17-19,23-24,30-31H,2,4-15H2,1,3H3. The molecule has 168 valence electrons. The van der Waals surface area contributed by atoms with Crippen molar-refractivity contribution in [2.75, 3.05) is 0 Å². The zero-order chi connectivity index (χ0) is 22.4.